The van der Waals surface area contributed by atoms with Crippen LogP contribution in [0.2, 0.25) is 0 Å². The van der Waals surface area contributed by atoms with Gasteiger partial charge in [-0.2, -0.15) is 0 Å². The quantitative estimate of drug-likeness (QED) is 0.682. The first kappa shape index (κ1) is 18.8. The van der Waals surface area contributed by atoms with Gasteiger partial charge in [0, 0.05) is 5.69 Å². The largest absolute Gasteiger partial charge is 0.462 e. The van der Waals surface area contributed by atoms with Crippen molar-refractivity contribution in [3.8, 4) is 0 Å². The van der Waals surface area contributed by atoms with E-state index in [-0.39, 0.29) is 18.1 Å². The van der Waals surface area contributed by atoms with Crippen LogP contribution < -0.4 is 10.9 Å². The fourth-order valence-electron chi connectivity index (χ4n) is 2.70. The van der Waals surface area contributed by atoms with Crippen molar-refractivity contribution in [2.75, 3.05) is 11.9 Å². The highest BCUT2D eigenvalue weighted by molar-refractivity contribution is 7.20. The van der Waals surface area contributed by atoms with Gasteiger partial charge in [-0.1, -0.05) is 18.2 Å². The lowest BCUT2D eigenvalue weighted by Gasteiger charge is -2.14. The minimum atomic E-state index is -0.764. The van der Waals surface area contributed by atoms with Gasteiger partial charge in [0.1, 0.15) is 15.7 Å². The molecule has 140 valence electrons. The number of hydrogen-bond acceptors (Lipinski definition) is 6. The number of ether oxygens (including phenoxy) is 1. The van der Waals surface area contributed by atoms with E-state index in [9.17, 15) is 14.4 Å². The SMILES string of the molecule is CCOC(=O)c1sc2ncn([C@@H](C)C(=O)Nc3ccccc3)c(=O)c2c1C. The van der Waals surface area contributed by atoms with Crippen LogP contribution in [0, 0.1) is 6.92 Å². The van der Waals surface area contributed by atoms with Gasteiger partial charge in [0.15, 0.2) is 0 Å². The molecule has 8 heteroatoms. The molecule has 0 aliphatic heterocycles. The summed E-state index contributed by atoms with van der Waals surface area (Å²) in [6.45, 7) is 5.29. The third-order valence-corrected chi connectivity index (χ3v) is 5.35. The predicted octanol–water partition coefficient (Wildman–Crippen LogP) is 3.14. The van der Waals surface area contributed by atoms with Gasteiger partial charge in [-0.3, -0.25) is 14.2 Å². The van der Waals surface area contributed by atoms with Crippen molar-refractivity contribution in [2.24, 2.45) is 0 Å². The lowest BCUT2D eigenvalue weighted by molar-refractivity contribution is -0.118. The molecule has 1 aromatic carbocycles. The molecule has 0 aliphatic rings. The van der Waals surface area contributed by atoms with E-state index in [4.69, 9.17) is 4.74 Å². The predicted molar refractivity (Wildman–Crippen MR) is 104 cm³/mol. The fraction of sp³-hybridized carbons (Fsp3) is 0.263. The summed E-state index contributed by atoms with van der Waals surface area (Å²) in [4.78, 5) is 42.6. The fourth-order valence-corrected chi connectivity index (χ4v) is 3.73. The van der Waals surface area contributed by atoms with Crippen LogP contribution in [0.3, 0.4) is 0 Å². The van der Waals surface area contributed by atoms with Gasteiger partial charge in [0.2, 0.25) is 5.91 Å². The van der Waals surface area contributed by atoms with Gasteiger partial charge >= 0.3 is 5.97 Å². The van der Waals surface area contributed by atoms with Gasteiger partial charge in [-0.05, 0) is 38.5 Å². The summed E-state index contributed by atoms with van der Waals surface area (Å²) in [6, 6.07) is 8.24. The standard InChI is InChI=1S/C19H19N3O4S/c1-4-26-19(25)15-11(2)14-17(27-15)20-10-22(18(14)24)12(3)16(23)21-13-8-6-5-7-9-13/h5-10,12H,4H2,1-3H3,(H,21,23)/t12-/m0/s1. The molecule has 1 atom stereocenters. The van der Waals surface area contributed by atoms with E-state index in [0.29, 0.717) is 26.3 Å². The Morgan fingerprint density at radius 3 is 2.67 bits per heavy atom. The van der Waals surface area contributed by atoms with Crippen molar-refractivity contribution in [1.29, 1.82) is 0 Å². The number of para-hydroxylation sites is 1. The molecule has 7 nitrogen and oxygen atoms in total. The first-order valence-electron chi connectivity index (χ1n) is 8.47. The number of thiophene rings is 1. The summed E-state index contributed by atoms with van der Waals surface area (Å²) < 4.78 is 6.30. The smallest absolute Gasteiger partial charge is 0.348 e. The number of hydrogen-bond donors (Lipinski definition) is 1. The minimum Gasteiger partial charge on any atom is -0.462 e. The van der Waals surface area contributed by atoms with E-state index in [1.165, 1.54) is 10.9 Å². The van der Waals surface area contributed by atoms with E-state index in [2.05, 4.69) is 10.3 Å². The highest BCUT2D eigenvalue weighted by Gasteiger charge is 2.23. The second-order valence-corrected chi connectivity index (χ2v) is 6.94. The molecule has 27 heavy (non-hydrogen) atoms. The number of rotatable bonds is 5. The third kappa shape index (κ3) is 3.61. The van der Waals surface area contributed by atoms with Crippen LogP contribution in [0.25, 0.3) is 10.2 Å². The van der Waals surface area contributed by atoms with E-state index in [1.54, 1.807) is 32.9 Å². The van der Waals surface area contributed by atoms with Gasteiger partial charge in [0.05, 0.1) is 18.3 Å². The number of fused-ring (bicyclic) bond motifs is 1. The number of amides is 1. The summed E-state index contributed by atoms with van der Waals surface area (Å²) in [5.74, 6) is -0.804. The second-order valence-electron chi connectivity index (χ2n) is 5.95. The van der Waals surface area contributed by atoms with Crippen LogP contribution in [0.1, 0.15) is 35.1 Å². The molecule has 2 heterocycles. The number of nitrogens with zero attached hydrogens (tertiary/aromatic N) is 2. The highest BCUT2D eigenvalue weighted by Crippen LogP contribution is 2.27. The van der Waals surface area contributed by atoms with Gasteiger partial charge in [-0.25, -0.2) is 9.78 Å². The maximum atomic E-state index is 12.9. The zero-order valence-electron chi connectivity index (χ0n) is 15.2. The van der Waals surface area contributed by atoms with Crippen LogP contribution >= 0.6 is 11.3 Å². The Balaban J connectivity index is 1.96. The average molecular weight is 385 g/mol. The first-order valence-corrected chi connectivity index (χ1v) is 9.29. The number of carbonyl (C=O) groups is 2. The van der Waals surface area contributed by atoms with Crippen molar-refractivity contribution in [2.45, 2.75) is 26.8 Å². The number of aryl methyl sites for hydroxylation is 1. The number of carbonyl (C=O) groups excluding carboxylic acids is 2. The van der Waals surface area contributed by atoms with Crippen molar-refractivity contribution >= 4 is 39.1 Å². The minimum absolute atomic E-state index is 0.251. The lowest BCUT2D eigenvalue weighted by Crippen LogP contribution is -2.31. The maximum Gasteiger partial charge on any atom is 0.348 e. The van der Waals surface area contributed by atoms with Gasteiger partial charge in [-0.15, -0.1) is 11.3 Å². The van der Waals surface area contributed by atoms with Crippen LogP contribution in [-0.4, -0.2) is 28.0 Å². The van der Waals surface area contributed by atoms with E-state index in [0.717, 1.165) is 11.3 Å². The third-order valence-electron chi connectivity index (χ3n) is 4.17. The summed E-state index contributed by atoms with van der Waals surface area (Å²) in [7, 11) is 0. The second kappa shape index (κ2) is 7.71. The van der Waals surface area contributed by atoms with Crippen molar-refractivity contribution < 1.29 is 14.3 Å². The number of anilines is 1. The Labute approximate surface area is 159 Å². The van der Waals surface area contributed by atoms with Crippen LogP contribution in [0.5, 0.6) is 0 Å². The first-order chi connectivity index (χ1) is 12.9. The topological polar surface area (TPSA) is 90.3 Å². The van der Waals surface area contributed by atoms with E-state index >= 15 is 0 Å². The Hall–Kier alpha value is -3.00. The number of benzene rings is 1. The number of aromatic nitrogens is 2. The van der Waals surface area contributed by atoms with E-state index in [1.807, 2.05) is 18.2 Å². The average Bonchev–Trinajstić information content (AvgIpc) is 3.00. The Bertz CT molecular complexity index is 1060. The maximum absolute atomic E-state index is 12.9. The molecule has 0 radical (unpaired) electrons. The van der Waals surface area contributed by atoms with Crippen molar-refractivity contribution in [1.82, 2.24) is 9.55 Å². The molecule has 1 amide bonds. The summed E-state index contributed by atoms with van der Waals surface area (Å²) in [5, 5.41) is 3.11. The zero-order valence-corrected chi connectivity index (χ0v) is 16.0. The number of nitrogens with one attached hydrogen (secondary N) is 1. The Kier molecular flexibility index (Phi) is 5.36. The molecule has 0 bridgehead atoms. The Morgan fingerprint density at radius 1 is 1.30 bits per heavy atom. The highest BCUT2D eigenvalue weighted by atomic mass is 32.1. The lowest BCUT2D eigenvalue weighted by atomic mass is 10.2. The monoisotopic (exact) mass is 385 g/mol. The van der Waals surface area contributed by atoms with Crippen LogP contribution in [-0.2, 0) is 9.53 Å². The summed E-state index contributed by atoms with van der Waals surface area (Å²) in [5.41, 5.74) is 0.809. The number of esters is 1. The Morgan fingerprint density at radius 2 is 2.00 bits per heavy atom. The van der Waals surface area contributed by atoms with E-state index < -0.39 is 12.0 Å². The molecule has 0 spiro atoms. The molecule has 1 N–H and O–H groups in total. The van der Waals surface area contributed by atoms with Crippen LogP contribution in [0.4, 0.5) is 5.69 Å². The molecule has 3 rings (SSSR count). The van der Waals surface area contributed by atoms with Gasteiger partial charge < -0.3 is 10.1 Å². The van der Waals surface area contributed by atoms with Crippen molar-refractivity contribution in [3.63, 3.8) is 0 Å². The molecule has 0 fully saturated rings. The molecular weight excluding hydrogens is 366 g/mol. The molecule has 0 aliphatic carbocycles. The molecule has 2 aromatic heterocycles. The summed E-state index contributed by atoms with van der Waals surface area (Å²) >= 11 is 1.12. The van der Waals surface area contributed by atoms with Gasteiger partial charge in [0.25, 0.3) is 5.56 Å². The molecule has 0 saturated carbocycles. The normalized spacial score (nSPS) is 12.0. The summed E-state index contributed by atoms with van der Waals surface area (Å²) in [6.07, 6.45) is 1.34. The molecule has 0 unspecified atom stereocenters. The van der Waals surface area contributed by atoms with Crippen molar-refractivity contribution in [3.05, 3.63) is 57.5 Å². The zero-order chi connectivity index (χ0) is 19.6. The molecular formula is C19H19N3O4S. The molecule has 0 saturated heterocycles. The molecule has 3 aromatic rings. The van der Waals surface area contributed by atoms with Crippen LogP contribution in [0.15, 0.2) is 41.5 Å².